The number of nitrogen functional groups attached to an aromatic ring is 2. The molecule has 0 atom stereocenters. The number of pyridine rings is 1. The van der Waals surface area contributed by atoms with Crippen LogP contribution in [-0.4, -0.2) is 29.1 Å². The van der Waals surface area contributed by atoms with Crippen molar-refractivity contribution in [3.8, 4) is 5.75 Å². The van der Waals surface area contributed by atoms with Crippen molar-refractivity contribution in [3.05, 3.63) is 36.4 Å². The minimum Gasteiger partial charge on any atom is -0.408 e. The molecule has 24 heavy (non-hydrogen) atoms. The zero-order valence-corrected chi connectivity index (χ0v) is 13.6. The molecule has 0 saturated carbocycles. The topological polar surface area (TPSA) is 119 Å². The van der Waals surface area contributed by atoms with E-state index < -0.39 is 6.09 Å². The quantitative estimate of drug-likeness (QED) is 0.814. The first kappa shape index (κ1) is 17.2. The molecule has 0 saturated heterocycles. The third kappa shape index (κ3) is 4.19. The highest BCUT2D eigenvalue weighted by Crippen LogP contribution is 2.30. The molecular weight excluding hydrogens is 308 g/mol. The fraction of sp³-hybridized carbons (Fsp3) is 0.250. The Bertz CT molecular complexity index is 743. The fourth-order valence-electron chi connectivity index (χ4n) is 1.94. The van der Waals surface area contributed by atoms with Crippen molar-refractivity contribution in [2.45, 2.75) is 13.8 Å². The molecule has 8 nitrogen and oxygen atoms in total. The van der Waals surface area contributed by atoms with Crippen molar-refractivity contribution in [3.63, 3.8) is 0 Å². The largest absolute Gasteiger partial charge is 0.415 e. The molecule has 2 aromatic rings. The van der Waals surface area contributed by atoms with Crippen LogP contribution in [0.5, 0.6) is 5.75 Å². The zero-order valence-electron chi connectivity index (χ0n) is 13.6. The molecule has 4 N–H and O–H groups in total. The van der Waals surface area contributed by atoms with Gasteiger partial charge < -0.3 is 21.1 Å². The lowest BCUT2D eigenvalue weighted by Gasteiger charge is -2.18. The average Bonchev–Trinajstić information content (AvgIpc) is 2.56. The number of aromatic nitrogens is 1. The Kier molecular flexibility index (Phi) is 5.67. The smallest absolute Gasteiger partial charge is 0.408 e. The van der Waals surface area contributed by atoms with E-state index >= 15 is 0 Å². The number of amides is 1. The second kappa shape index (κ2) is 7.91. The number of para-hydroxylation sites is 1. The Morgan fingerprint density at radius 1 is 1.08 bits per heavy atom. The van der Waals surface area contributed by atoms with E-state index in [2.05, 4.69) is 15.2 Å². The van der Waals surface area contributed by atoms with Crippen LogP contribution in [0.3, 0.4) is 0 Å². The molecule has 126 valence electrons. The van der Waals surface area contributed by atoms with Gasteiger partial charge in [-0.05, 0) is 38.1 Å². The van der Waals surface area contributed by atoms with Crippen molar-refractivity contribution in [2.75, 3.05) is 24.6 Å². The maximum Gasteiger partial charge on any atom is 0.415 e. The summed E-state index contributed by atoms with van der Waals surface area (Å²) in [5, 5.41) is 8.15. The van der Waals surface area contributed by atoms with E-state index in [9.17, 15) is 4.79 Å². The summed E-state index contributed by atoms with van der Waals surface area (Å²) in [5.74, 6) is 0.802. The number of hydrogen-bond acceptors (Lipinski definition) is 7. The summed E-state index contributed by atoms with van der Waals surface area (Å²) in [7, 11) is 0. The number of carbonyl (C=O) groups excluding carboxylic acids is 1. The van der Waals surface area contributed by atoms with Gasteiger partial charge in [0.1, 0.15) is 17.2 Å². The van der Waals surface area contributed by atoms with Crippen molar-refractivity contribution < 1.29 is 9.53 Å². The van der Waals surface area contributed by atoms with Crippen molar-refractivity contribution in [1.29, 1.82) is 0 Å². The molecule has 1 aromatic heterocycles. The van der Waals surface area contributed by atoms with Crippen LogP contribution in [0.4, 0.5) is 27.8 Å². The molecule has 0 spiro atoms. The number of hydrogen-bond donors (Lipinski definition) is 2. The highest BCUT2D eigenvalue weighted by molar-refractivity contribution is 5.73. The number of nitrogens with zero attached hydrogens (tertiary/aromatic N) is 4. The molecule has 0 radical (unpaired) electrons. The molecule has 1 heterocycles. The molecule has 0 aliphatic heterocycles. The lowest BCUT2D eigenvalue weighted by Crippen LogP contribution is -2.33. The Hall–Kier alpha value is -3.16. The Morgan fingerprint density at radius 3 is 2.42 bits per heavy atom. The number of rotatable bonds is 5. The molecule has 8 heteroatoms. The number of azo groups is 1. The monoisotopic (exact) mass is 328 g/mol. The van der Waals surface area contributed by atoms with Crippen molar-refractivity contribution >= 4 is 29.1 Å². The van der Waals surface area contributed by atoms with Crippen LogP contribution < -0.4 is 16.2 Å². The third-order valence-corrected chi connectivity index (χ3v) is 3.27. The van der Waals surface area contributed by atoms with Gasteiger partial charge in [0.15, 0.2) is 11.6 Å². The number of ether oxygens (including phenoxy) is 1. The summed E-state index contributed by atoms with van der Waals surface area (Å²) >= 11 is 0. The van der Waals surface area contributed by atoms with Gasteiger partial charge in [0.2, 0.25) is 0 Å². The van der Waals surface area contributed by atoms with Crippen molar-refractivity contribution in [1.82, 2.24) is 9.88 Å². The second-order valence-electron chi connectivity index (χ2n) is 4.85. The standard InChI is InChI=1S/C16H20N6O2/c1-3-22(4-2)16(23)24-13-8-6-5-7-11(13)20-21-12-9-10-14(17)19-15(12)18/h5-10H,3-4H2,1-2H3,(H4,17,18,19). The number of benzene rings is 1. The van der Waals surface area contributed by atoms with Gasteiger partial charge >= 0.3 is 6.09 Å². The van der Waals surface area contributed by atoms with E-state index in [1.807, 2.05) is 13.8 Å². The molecule has 2 rings (SSSR count). The van der Waals surface area contributed by atoms with Gasteiger partial charge in [0.05, 0.1) is 0 Å². The van der Waals surface area contributed by atoms with Gasteiger partial charge in [-0.2, -0.15) is 0 Å². The van der Waals surface area contributed by atoms with E-state index in [0.29, 0.717) is 36.0 Å². The van der Waals surface area contributed by atoms with Crippen LogP contribution in [-0.2, 0) is 0 Å². The summed E-state index contributed by atoms with van der Waals surface area (Å²) in [4.78, 5) is 17.6. The van der Waals surface area contributed by atoms with Crippen LogP contribution in [0.1, 0.15) is 13.8 Å². The van der Waals surface area contributed by atoms with Crippen LogP contribution in [0.15, 0.2) is 46.6 Å². The van der Waals surface area contributed by atoms with E-state index in [1.54, 1.807) is 41.3 Å². The molecular formula is C16H20N6O2. The minimum atomic E-state index is -0.434. The molecule has 1 aromatic carbocycles. The second-order valence-corrected chi connectivity index (χ2v) is 4.85. The molecule has 0 bridgehead atoms. The highest BCUT2D eigenvalue weighted by atomic mass is 16.6. The van der Waals surface area contributed by atoms with Crippen LogP contribution in [0.25, 0.3) is 0 Å². The van der Waals surface area contributed by atoms with Gasteiger partial charge in [-0.25, -0.2) is 9.78 Å². The lowest BCUT2D eigenvalue weighted by atomic mass is 10.3. The number of nitrogens with two attached hydrogens (primary N) is 2. The molecule has 0 unspecified atom stereocenters. The molecule has 1 amide bonds. The maximum absolute atomic E-state index is 12.1. The van der Waals surface area contributed by atoms with Gasteiger partial charge in [-0.1, -0.05) is 12.1 Å². The average molecular weight is 328 g/mol. The van der Waals surface area contributed by atoms with Crippen molar-refractivity contribution in [2.24, 2.45) is 10.2 Å². The first-order chi connectivity index (χ1) is 11.5. The first-order valence-corrected chi connectivity index (χ1v) is 7.54. The van der Waals surface area contributed by atoms with Gasteiger partial charge in [0, 0.05) is 13.1 Å². The van der Waals surface area contributed by atoms with Crippen LogP contribution in [0, 0.1) is 0 Å². The molecule has 0 aliphatic carbocycles. The number of carbonyl (C=O) groups is 1. The minimum absolute atomic E-state index is 0.177. The van der Waals surface area contributed by atoms with E-state index in [0.717, 1.165) is 0 Å². The van der Waals surface area contributed by atoms with Gasteiger partial charge in [0.25, 0.3) is 0 Å². The number of anilines is 2. The first-order valence-electron chi connectivity index (χ1n) is 7.54. The Labute approximate surface area is 140 Å². The predicted octanol–water partition coefficient (Wildman–Crippen LogP) is 3.50. The maximum atomic E-state index is 12.1. The van der Waals surface area contributed by atoms with E-state index in [1.165, 1.54) is 0 Å². The van der Waals surface area contributed by atoms with E-state index in [-0.39, 0.29) is 5.82 Å². The van der Waals surface area contributed by atoms with Crippen LogP contribution >= 0.6 is 0 Å². The SMILES string of the molecule is CCN(CC)C(=O)Oc1ccccc1N=Nc1ccc(N)nc1N. The summed E-state index contributed by atoms with van der Waals surface area (Å²) in [6.45, 7) is 4.89. The fourth-order valence-corrected chi connectivity index (χ4v) is 1.94. The Morgan fingerprint density at radius 2 is 1.75 bits per heavy atom. The Balaban J connectivity index is 2.22. The summed E-state index contributed by atoms with van der Waals surface area (Å²) in [6, 6.07) is 10.1. The van der Waals surface area contributed by atoms with Gasteiger partial charge in [-0.15, -0.1) is 10.2 Å². The van der Waals surface area contributed by atoms with Crippen LogP contribution in [0.2, 0.25) is 0 Å². The highest BCUT2D eigenvalue weighted by Gasteiger charge is 2.14. The molecule has 0 fully saturated rings. The summed E-state index contributed by atoms with van der Waals surface area (Å²) in [5.41, 5.74) is 12.1. The zero-order chi connectivity index (χ0) is 17.5. The summed E-state index contributed by atoms with van der Waals surface area (Å²) in [6.07, 6.45) is -0.434. The molecule has 0 aliphatic rings. The van der Waals surface area contributed by atoms with Gasteiger partial charge in [-0.3, -0.25) is 0 Å². The predicted molar refractivity (Wildman–Crippen MR) is 92.6 cm³/mol. The lowest BCUT2D eigenvalue weighted by molar-refractivity contribution is 0.157. The normalized spacial score (nSPS) is 10.8. The summed E-state index contributed by atoms with van der Waals surface area (Å²) < 4.78 is 5.39. The third-order valence-electron chi connectivity index (χ3n) is 3.27. The van der Waals surface area contributed by atoms with E-state index in [4.69, 9.17) is 16.2 Å².